The highest BCUT2D eigenvalue weighted by molar-refractivity contribution is 7.89. The van der Waals surface area contributed by atoms with E-state index in [1.807, 2.05) is 0 Å². The molecule has 0 unspecified atom stereocenters. The molecule has 0 amide bonds. The molecule has 18 heavy (non-hydrogen) atoms. The molecular formula is C11H13N3O3S. The number of aromatic nitrogens is 1. The van der Waals surface area contributed by atoms with Gasteiger partial charge >= 0.3 is 0 Å². The Hall–Kier alpha value is -1.86. The molecule has 0 spiro atoms. The van der Waals surface area contributed by atoms with E-state index in [0.29, 0.717) is 23.6 Å². The van der Waals surface area contributed by atoms with Gasteiger partial charge in [-0.05, 0) is 24.6 Å². The molecule has 96 valence electrons. The van der Waals surface area contributed by atoms with E-state index in [0.717, 1.165) is 0 Å². The van der Waals surface area contributed by atoms with Crippen LogP contribution in [0.5, 0.6) is 0 Å². The van der Waals surface area contributed by atoms with Crippen molar-refractivity contribution in [2.45, 2.75) is 18.4 Å². The lowest BCUT2D eigenvalue weighted by atomic mass is 10.2. The number of rotatable bonds is 4. The summed E-state index contributed by atoms with van der Waals surface area (Å²) in [5, 5.41) is 8.21. The van der Waals surface area contributed by atoms with Gasteiger partial charge in [0.15, 0.2) is 6.39 Å². The van der Waals surface area contributed by atoms with Crippen LogP contribution in [0.1, 0.15) is 11.3 Å². The van der Waals surface area contributed by atoms with Crippen LogP contribution in [0.4, 0.5) is 5.69 Å². The summed E-state index contributed by atoms with van der Waals surface area (Å²) in [6.07, 6.45) is 2.93. The Bertz CT molecular complexity index is 636. The summed E-state index contributed by atoms with van der Waals surface area (Å²) in [7, 11) is -3.70. The monoisotopic (exact) mass is 267 g/mol. The molecule has 1 aromatic heterocycles. The summed E-state index contributed by atoms with van der Waals surface area (Å²) in [5.74, 6) is 0.662. The quantitative estimate of drug-likeness (QED) is 0.868. The second-order valence-corrected chi connectivity index (χ2v) is 5.32. The van der Waals surface area contributed by atoms with Crippen molar-refractivity contribution in [2.24, 2.45) is 5.14 Å². The van der Waals surface area contributed by atoms with E-state index in [1.165, 1.54) is 12.5 Å². The summed E-state index contributed by atoms with van der Waals surface area (Å²) in [4.78, 5) is 3.91. The molecule has 0 aliphatic heterocycles. The topological polar surface area (TPSA) is 98.2 Å². The van der Waals surface area contributed by atoms with Gasteiger partial charge in [0.25, 0.3) is 0 Å². The Kier molecular flexibility index (Phi) is 3.35. The van der Waals surface area contributed by atoms with Crippen LogP contribution in [-0.2, 0) is 16.6 Å². The third kappa shape index (κ3) is 2.69. The lowest BCUT2D eigenvalue weighted by Crippen LogP contribution is -2.14. The summed E-state index contributed by atoms with van der Waals surface area (Å²) in [6.45, 7) is 2.12. The standard InChI is InChI=1S/C11H13N3O3S/c1-8-10(14-6-9-5-13-7-17-9)3-2-4-11(8)18(12,15)16/h2-5,7,14H,6H2,1H3,(H2,12,15,16). The molecule has 7 heteroatoms. The molecular weight excluding hydrogens is 254 g/mol. The Labute approximate surface area is 105 Å². The van der Waals surface area contributed by atoms with Crippen LogP contribution >= 0.6 is 0 Å². The van der Waals surface area contributed by atoms with Crippen molar-refractivity contribution in [3.05, 3.63) is 42.1 Å². The highest BCUT2D eigenvalue weighted by Crippen LogP contribution is 2.22. The summed E-state index contributed by atoms with van der Waals surface area (Å²) < 4.78 is 27.8. The first-order chi connectivity index (χ1) is 8.48. The molecule has 6 nitrogen and oxygen atoms in total. The number of sulfonamides is 1. The largest absolute Gasteiger partial charge is 0.447 e. The Morgan fingerprint density at radius 2 is 2.22 bits per heavy atom. The van der Waals surface area contributed by atoms with Gasteiger partial charge in [0.2, 0.25) is 10.0 Å². The maximum atomic E-state index is 11.4. The number of benzene rings is 1. The highest BCUT2D eigenvalue weighted by atomic mass is 32.2. The summed E-state index contributed by atoms with van der Waals surface area (Å²) in [6, 6.07) is 4.89. The fourth-order valence-electron chi connectivity index (χ4n) is 1.63. The van der Waals surface area contributed by atoms with Gasteiger partial charge in [-0.2, -0.15) is 0 Å². The first-order valence-electron chi connectivity index (χ1n) is 5.22. The minimum Gasteiger partial charge on any atom is -0.447 e. The van der Waals surface area contributed by atoms with E-state index >= 15 is 0 Å². The second-order valence-electron chi connectivity index (χ2n) is 3.80. The van der Waals surface area contributed by atoms with Gasteiger partial charge in [-0.1, -0.05) is 6.07 Å². The van der Waals surface area contributed by atoms with Gasteiger partial charge in [-0.15, -0.1) is 0 Å². The average Bonchev–Trinajstić information content (AvgIpc) is 2.79. The number of hydrogen-bond donors (Lipinski definition) is 2. The van der Waals surface area contributed by atoms with Crippen LogP contribution in [-0.4, -0.2) is 13.4 Å². The van der Waals surface area contributed by atoms with Gasteiger partial charge in [0, 0.05) is 5.69 Å². The number of primary sulfonamides is 1. The predicted molar refractivity (Wildman–Crippen MR) is 66.4 cm³/mol. The molecule has 1 heterocycles. The predicted octanol–water partition coefficient (Wildman–Crippen LogP) is 1.24. The molecule has 0 atom stereocenters. The van der Waals surface area contributed by atoms with E-state index in [2.05, 4.69) is 10.3 Å². The maximum absolute atomic E-state index is 11.4. The lowest BCUT2D eigenvalue weighted by Gasteiger charge is -2.11. The van der Waals surface area contributed by atoms with Crippen molar-refractivity contribution >= 4 is 15.7 Å². The van der Waals surface area contributed by atoms with Gasteiger partial charge in [0.05, 0.1) is 17.6 Å². The van der Waals surface area contributed by atoms with Crippen molar-refractivity contribution in [1.29, 1.82) is 0 Å². The third-order valence-corrected chi connectivity index (χ3v) is 3.58. The van der Waals surface area contributed by atoms with Gasteiger partial charge in [-0.25, -0.2) is 18.5 Å². The normalized spacial score (nSPS) is 11.4. The SMILES string of the molecule is Cc1c(NCc2cnco2)cccc1S(N)(=O)=O. The average molecular weight is 267 g/mol. The summed E-state index contributed by atoms with van der Waals surface area (Å²) in [5.41, 5.74) is 1.28. The molecule has 0 bridgehead atoms. The van der Waals surface area contributed by atoms with E-state index in [1.54, 1.807) is 25.3 Å². The molecule has 1 aromatic carbocycles. The van der Waals surface area contributed by atoms with Crippen LogP contribution in [0.3, 0.4) is 0 Å². The van der Waals surface area contributed by atoms with Crippen LogP contribution < -0.4 is 10.5 Å². The minimum atomic E-state index is -3.70. The van der Waals surface area contributed by atoms with Crippen LogP contribution in [0, 0.1) is 6.92 Å². The third-order valence-electron chi connectivity index (χ3n) is 2.53. The Balaban J connectivity index is 2.24. The number of nitrogens with two attached hydrogens (primary N) is 1. The Morgan fingerprint density at radius 1 is 1.44 bits per heavy atom. The second kappa shape index (κ2) is 4.79. The van der Waals surface area contributed by atoms with Crippen molar-refractivity contribution in [2.75, 3.05) is 5.32 Å². The zero-order chi connectivity index (χ0) is 13.2. The van der Waals surface area contributed by atoms with Gasteiger partial charge in [0.1, 0.15) is 5.76 Å². The number of nitrogens with zero attached hydrogens (tertiary/aromatic N) is 1. The zero-order valence-corrected chi connectivity index (χ0v) is 10.6. The first-order valence-corrected chi connectivity index (χ1v) is 6.77. The number of hydrogen-bond acceptors (Lipinski definition) is 5. The van der Waals surface area contributed by atoms with Crippen molar-refractivity contribution in [3.8, 4) is 0 Å². The molecule has 3 N–H and O–H groups in total. The molecule has 0 radical (unpaired) electrons. The number of nitrogens with one attached hydrogen (secondary N) is 1. The van der Waals surface area contributed by atoms with E-state index in [9.17, 15) is 8.42 Å². The van der Waals surface area contributed by atoms with Gasteiger partial charge in [-0.3, -0.25) is 0 Å². The van der Waals surface area contributed by atoms with Crippen LogP contribution in [0.25, 0.3) is 0 Å². The van der Waals surface area contributed by atoms with E-state index in [-0.39, 0.29) is 4.90 Å². The van der Waals surface area contributed by atoms with E-state index < -0.39 is 10.0 Å². The first kappa shape index (κ1) is 12.6. The molecule has 0 saturated carbocycles. The van der Waals surface area contributed by atoms with Gasteiger partial charge < -0.3 is 9.73 Å². The molecule has 2 aromatic rings. The van der Waals surface area contributed by atoms with Crippen LogP contribution in [0.15, 0.2) is 40.1 Å². The van der Waals surface area contributed by atoms with Crippen molar-refractivity contribution < 1.29 is 12.8 Å². The number of anilines is 1. The lowest BCUT2D eigenvalue weighted by molar-refractivity contribution is 0.511. The molecule has 0 saturated heterocycles. The zero-order valence-electron chi connectivity index (χ0n) is 9.75. The number of oxazole rings is 1. The van der Waals surface area contributed by atoms with Crippen LogP contribution in [0.2, 0.25) is 0 Å². The van der Waals surface area contributed by atoms with Crippen molar-refractivity contribution in [3.63, 3.8) is 0 Å². The molecule has 0 aliphatic rings. The maximum Gasteiger partial charge on any atom is 0.238 e. The fraction of sp³-hybridized carbons (Fsp3) is 0.182. The highest BCUT2D eigenvalue weighted by Gasteiger charge is 2.13. The summed E-state index contributed by atoms with van der Waals surface area (Å²) >= 11 is 0. The smallest absolute Gasteiger partial charge is 0.238 e. The molecule has 2 rings (SSSR count). The molecule has 0 aliphatic carbocycles. The van der Waals surface area contributed by atoms with E-state index in [4.69, 9.17) is 9.56 Å². The molecule has 0 fully saturated rings. The fourth-order valence-corrected chi connectivity index (χ4v) is 2.43. The minimum absolute atomic E-state index is 0.116. The Morgan fingerprint density at radius 3 is 2.83 bits per heavy atom. The van der Waals surface area contributed by atoms with Crippen molar-refractivity contribution in [1.82, 2.24) is 4.98 Å².